The number of rotatable bonds is 8. The zero-order chi connectivity index (χ0) is 13.4. The van der Waals surface area contributed by atoms with Gasteiger partial charge >= 0.3 is 0 Å². The van der Waals surface area contributed by atoms with E-state index in [0.717, 1.165) is 37.6 Å². The normalized spacial score (nSPS) is 10.7. The Hall–Kier alpha value is -1.42. The summed E-state index contributed by atoms with van der Waals surface area (Å²) in [5, 5.41) is 3.35. The molecule has 0 fully saturated rings. The predicted octanol–water partition coefficient (Wildman–Crippen LogP) is 2.23. The summed E-state index contributed by atoms with van der Waals surface area (Å²) in [7, 11) is 2.02. The monoisotopic (exact) mass is 248 g/mol. The Morgan fingerprint density at radius 3 is 2.72 bits per heavy atom. The topological polar surface area (TPSA) is 41.1 Å². The van der Waals surface area contributed by atoms with Gasteiger partial charge in [0.1, 0.15) is 5.82 Å². The molecule has 4 nitrogen and oxygen atoms in total. The highest BCUT2D eigenvalue weighted by atomic mass is 15.2. The van der Waals surface area contributed by atoms with E-state index in [-0.39, 0.29) is 0 Å². The van der Waals surface area contributed by atoms with Crippen LogP contribution in [0.3, 0.4) is 0 Å². The molecule has 1 aromatic heterocycles. The second-order valence-corrected chi connectivity index (χ2v) is 4.89. The Bertz CT molecular complexity index is 345. The first kappa shape index (κ1) is 14.6. The maximum absolute atomic E-state index is 4.42. The van der Waals surface area contributed by atoms with E-state index in [4.69, 9.17) is 0 Å². The number of aromatic nitrogens is 2. The molecule has 0 radical (unpaired) electrons. The fraction of sp³-hybridized carbons (Fsp3) is 0.571. The van der Waals surface area contributed by atoms with E-state index in [2.05, 4.69) is 40.6 Å². The van der Waals surface area contributed by atoms with Crippen molar-refractivity contribution < 1.29 is 0 Å². The molecule has 0 spiro atoms. The predicted molar refractivity (Wildman–Crippen MR) is 76.7 cm³/mol. The molecule has 1 rings (SSSR count). The zero-order valence-corrected chi connectivity index (χ0v) is 11.7. The lowest BCUT2D eigenvalue weighted by Crippen LogP contribution is -2.21. The standard InChI is InChI=1S/C14H24N4/c1-5-6-7-18(4)14-11-16-13(10-17-14)9-15-8-12(2)3/h5,10-12,15H,1,6-9H2,2-4H3. The van der Waals surface area contributed by atoms with Crippen LogP contribution >= 0.6 is 0 Å². The first-order chi connectivity index (χ1) is 8.63. The highest BCUT2D eigenvalue weighted by Gasteiger charge is 2.02. The number of hydrogen-bond acceptors (Lipinski definition) is 4. The molecule has 0 aromatic carbocycles. The van der Waals surface area contributed by atoms with Crippen molar-refractivity contribution in [1.29, 1.82) is 0 Å². The minimum atomic E-state index is 0.655. The second kappa shape index (κ2) is 7.82. The lowest BCUT2D eigenvalue weighted by atomic mass is 10.2. The lowest BCUT2D eigenvalue weighted by molar-refractivity contribution is 0.547. The van der Waals surface area contributed by atoms with Crippen LogP contribution in [0.5, 0.6) is 0 Å². The van der Waals surface area contributed by atoms with E-state index < -0.39 is 0 Å². The van der Waals surface area contributed by atoms with Gasteiger partial charge in [-0.1, -0.05) is 19.9 Å². The average Bonchev–Trinajstić information content (AvgIpc) is 2.36. The fourth-order valence-electron chi connectivity index (χ4n) is 1.52. The van der Waals surface area contributed by atoms with Crippen LogP contribution in [0.25, 0.3) is 0 Å². The van der Waals surface area contributed by atoms with Crippen molar-refractivity contribution in [3.63, 3.8) is 0 Å². The van der Waals surface area contributed by atoms with Gasteiger partial charge in [-0.05, 0) is 18.9 Å². The van der Waals surface area contributed by atoms with Gasteiger partial charge in [0, 0.05) is 20.1 Å². The molecular weight excluding hydrogens is 224 g/mol. The van der Waals surface area contributed by atoms with E-state index in [1.807, 2.05) is 25.5 Å². The van der Waals surface area contributed by atoms with Crippen LogP contribution in [0, 0.1) is 5.92 Å². The van der Waals surface area contributed by atoms with Gasteiger partial charge in [-0.15, -0.1) is 6.58 Å². The van der Waals surface area contributed by atoms with Crippen molar-refractivity contribution in [3.8, 4) is 0 Å². The fourth-order valence-corrected chi connectivity index (χ4v) is 1.52. The van der Waals surface area contributed by atoms with Crippen LogP contribution in [0.15, 0.2) is 25.0 Å². The Kier molecular flexibility index (Phi) is 6.36. The molecule has 0 amide bonds. The average molecular weight is 248 g/mol. The maximum Gasteiger partial charge on any atom is 0.146 e. The van der Waals surface area contributed by atoms with Gasteiger partial charge in [0.2, 0.25) is 0 Å². The van der Waals surface area contributed by atoms with Gasteiger partial charge in [-0.3, -0.25) is 4.98 Å². The summed E-state index contributed by atoms with van der Waals surface area (Å²) in [6, 6.07) is 0. The van der Waals surface area contributed by atoms with Crippen molar-refractivity contribution in [2.45, 2.75) is 26.8 Å². The summed E-state index contributed by atoms with van der Waals surface area (Å²) in [5.41, 5.74) is 0.983. The molecule has 1 aromatic rings. The Labute approximate surface area is 110 Å². The molecular formula is C14H24N4. The quantitative estimate of drug-likeness (QED) is 0.716. The Morgan fingerprint density at radius 1 is 1.39 bits per heavy atom. The molecule has 1 heterocycles. The molecule has 0 saturated carbocycles. The van der Waals surface area contributed by atoms with Crippen molar-refractivity contribution in [2.75, 3.05) is 25.0 Å². The van der Waals surface area contributed by atoms with Crippen molar-refractivity contribution in [2.24, 2.45) is 5.92 Å². The number of anilines is 1. The number of hydrogen-bond donors (Lipinski definition) is 1. The first-order valence-electron chi connectivity index (χ1n) is 6.47. The third kappa shape index (κ3) is 5.27. The number of nitrogens with zero attached hydrogens (tertiary/aromatic N) is 3. The second-order valence-electron chi connectivity index (χ2n) is 4.89. The molecule has 0 aliphatic rings. The third-order valence-electron chi connectivity index (χ3n) is 2.61. The smallest absolute Gasteiger partial charge is 0.146 e. The van der Waals surface area contributed by atoms with Crippen molar-refractivity contribution in [1.82, 2.24) is 15.3 Å². The van der Waals surface area contributed by atoms with Crippen LogP contribution in [0.1, 0.15) is 26.0 Å². The van der Waals surface area contributed by atoms with Gasteiger partial charge in [-0.25, -0.2) is 4.98 Å². The van der Waals surface area contributed by atoms with Gasteiger partial charge in [-0.2, -0.15) is 0 Å². The van der Waals surface area contributed by atoms with Crippen molar-refractivity contribution >= 4 is 5.82 Å². The highest BCUT2D eigenvalue weighted by molar-refractivity contribution is 5.34. The molecule has 0 bridgehead atoms. The van der Waals surface area contributed by atoms with Crippen LogP contribution in [0.2, 0.25) is 0 Å². The van der Waals surface area contributed by atoms with E-state index in [1.165, 1.54) is 0 Å². The van der Waals surface area contributed by atoms with E-state index >= 15 is 0 Å². The summed E-state index contributed by atoms with van der Waals surface area (Å²) in [5.74, 6) is 1.56. The number of nitrogens with one attached hydrogen (secondary N) is 1. The van der Waals surface area contributed by atoms with Crippen LogP contribution in [0.4, 0.5) is 5.82 Å². The molecule has 4 heteroatoms. The molecule has 18 heavy (non-hydrogen) atoms. The van der Waals surface area contributed by atoms with E-state index in [1.54, 1.807) is 0 Å². The summed E-state index contributed by atoms with van der Waals surface area (Å²) in [6.45, 7) is 10.8. The van der Waals surface area contributed by atoms with Crippen LogP contribution < -0.4 is 10.2 Å². The molecule has 1 N–H and O–H groups in total. The minimum Gasteiger partial charge on any atom is -0.358 e. The van der Waals surface area contributed by atoms with Gasteiger partial charge < -0.3 is 10.2 Å². The summed E-state index contributed by atoms with van der Waals surface area (Å²) in [4.78, 5) is 10.9. The molecule has 0 atom stereocenters. The lowest BCUT2D eigenvalue weighted by Gasteiger charge is -2.16. The first-order valence-corrected chi connectivity index (χ1v) is 6.47. The third-order valence-corrected chi connectivity index (χ3v) is 2.61. The van der Waals surface area contributed by atoms with E-state index in [0.29, 0.717) is 5.92 Å². The summed E-state index contributed by atoms with van der Waals surface area (Å²) < 4.78 is 0. The van der Waals surface area contributed by atoms with Gasteiger partial charge in [0.05, 0.1) is 18.1 Å². The summed E-state index contributed by atoms with van der Waals surface area (Å²) in [6.07, 6.45) is 6.53. The van der Waals surface area contributed by atoms with Crippen molar-refractivity contribution in [3.05, 3.63) is 30.7 Å². The van der Waals surface area contributed by atoms with Crippen LogP contribution in [-0.2, 0) is 6.54 Å². The Morgan fingerprint density at radius 2 is 2.17 bits per heavy atom. The van der Waals surface area contributed by atoms with Gasteiger partial charge in [0.15, 0.2) is 0 Å². The molecule has 0 unspecified atom stereocenters. The van der Waals surface area contributed by atoms with E-state index in [9.17, 15) is 0 Å². The molecule has 0 saturated heterocycles. The maximum atomic E-state index is 4.42. The SMILES string of the molecule is C=CCCN(C)c1cnc(CNCC(C)C)cn1. The molecule has 0 aliphatic heterocycles. The molecule has 0 aliphatic carbocycles. The largest absolute Gasteiger partial charge is 0.358 e. The minimum absolute atomic E-state index is 0.655. The zero-order valence-electron chi connectivity index (χ0n) is 11.7. The van der Waals surface area contributed by atoms with Crippen LogP contribution in [-0.4, -0.2) is 30.1 Å². The van der Waals surface area contributed by atoms with Gasteiger partial charge in [0.25, 0.3) is 0 Å². The Balaban J connectivity index is 2.44. The molecule has 100 valence electrons. The summed E-state index contributed by atoms with van der Waals surface area (Å²) >= 11 is 0. The highest BCUT2D eigenvalue weighted by Crippen LogP contribution is 2.07.